The van der Waals surface area contributed by atoms with Crippen molar-refractivity contribution in [2.75, 3.05) is 0 Å². The Morgan fingerprint density at radius 3 is 2.63 bits per heavy atom. The van der Waals surface area contributed by atoms with Gasteiger partial charge in [-0.1, -0.05) is 0 Å². The summed E-state index contributed by atoms with van der Waals surface area (Å²) in [5.74, 6) is 0.203. The summed E-state index contributed by atoms with van der Waals surface area (Å²) < 4.78 is 12.9. The summed E-state index contributed by atoms with van der Waals surface area (Å²) in [7, 11) is 0. The maximum absolute atomic E-state index is 12.9. The lowest BCUT2D eigenvalue weighted by atomic mass is 10.1. The zero-order valence-corrected chi connectivity index (χ0v) is 10.1. The zero-order valence-electron chi connectivity index (χ0n) is 10.1. The Morgan fingerprint density at radius 2 is 1.95 bits per heavy atom. The number of nitrogens with one attached hydrogen (secondary N) is 1. The number of carbonyl (C=O) groups excluding carboxylic acids is 1. The van der Waals surface area contributed by atoms with E-state index in [1.807, 2.05) is 6.92 Å². The van der Waals surface area contributed by atoms with Gasteiger partial charge in [-0.3, -0.25) is 4.79 Å². The summed E-state index contributed by atoms with van der Waals surface area (Å²) in [5.41, 5.74) is 2.59. The fourth-order valence-corrected chi connectivity index (χ4v) is 2.06. The molecule has 5 heteroatoms. The molecule has 2 aromatic heterocycles. The third kappa shape index (κ3) is 1.89. The fourth-order valence-electron chi connectivity index (χ4n) is 2.06. The minimum absolute atomic E-state index is 0.301. The number of aromatic nitrogens is 3. The predicted octanol–water partition coefficient (Wildman–Crippen LogP) is 2.88. The van der Waals surface area contributed by atoms with Gasteiger partial charge in [-0.05, 0) is 31.2 Å². The summed E-state index contributed by atoms with van der Waals surface area (Å²) >= 11 is 0. The maximum Gasteiger partial charge on any atom is 0.161 e. The number of hydrogen-bond donors (Lipinski definition) is 1. The molecule has 94 valence electrons. The van der Waals surface area contributed by atoms with E-state index in [9.17, 15) is 9.18 Å². The molecule has 1 aromatic carbocycles. The van der Waals surface area contributed by atoms with Gasteiger partial charge in [0.1, 0.15) is 11.5 Å². The topological polar surface area (TPSA) is 58.6 Å². The lowest BCUT2D eigenvalue weighted by Crippen LogP contribution is -1.94. The first-order valence-corrected chi connectivity index (χ1v) is 5.76. The Bertz CT molecular complexity index is 762. The molecule has 1 N–H and O–H groups in total. The molecule has 0 aliphatic rings. The predicted molar refractivity (Wildman–Crippen MR) is 69.4 cm³/mol. The summed E-state index contributed by atoms with van der Waals surface area (Å²) in [6.07, 6.45) is 2.38. The second-order valence-corrected chi connectivity index (χ2v) is 4.22. The SMILES string of the molecule is Cc1nc(-c2ccc(F)cc2)nc2[nH]cc(C=O)c12. The van der Waals surface area contributed by atoms with E-state index in [4.69, 9.17) is 0 Å². The van der Waals surface area contributed by atoms with E-state index < -0.39 is 0 Å². The third-order valence-corrected chi connectivity index (χ3v) is 2.97. The molecule has 0 fully saturated rings. The zero-order chi connectivity index (χ0) is 13.4. The van der Waals surface area contributed by atoms with Crippen LogP contribution < -0.4 is 0 Å². The second kappa shape index (κ2) is 4.28. The molecule has 4 nitrogen and oxygen atoms in total. The number of aryl methyl sites for hydroxylation is 1. The lowest BCUT2D eigenvalue weighted by Gasteiger charge is -2.03. The first-order chi connectivity index (χ1) is 9.19. The number of rotatable bonds is 2. The molecular weight excluding hydrogens is 245 g/mol. The van der Waals surface area contributed by atoms with Crippen molar-refractivity contribution >= 4 is 17.3 Å². The van der Waals surface area contributed by atoms with E-state index in [0.717, 1.165) is 17.2 Å². The minimum atomic E-state index is -0.301. The maximum atomic E-state index is 12.9. The van der Waals surface area contributed by atoms with Crippen molar-refractivity contribution in [3.63, 3.8) is 0 Å². The number of aldehydes is 1. The lowest BCUT2D eigenvalue weighted by molar-refractivity contribution is 0.112. The molecule has 0 aliphatic heterocycles. The molecule has 3 rings (SSSR count). The number of H-pyrrole nitrogens is 1. The van der Waals surface area contributed by atoms with E-state index in [1.165, 1.54) is 12.1 Å². The largest absolute Gasteiger partial charge is 0.345 e. The number of nitrogens with zero attached hydrogens (tertiary/aromatic N) is 2. The molecule has 0 bridgehead atoms. The molecule has 2 heterocycles. The molecule has 0 radical (unpaired) electrons. The van der Waals surface area contributed by atoms with Crippen molar-refractivity contribution < 1.29 is 9.18 Å². The summed E-state index contributed by atoms with van der Waals surface area (Å²) in [6.45, 7) is 1.82. The van der Waals surface area contributed by atoms with Crippen LogP contribution in [-0.4, -0.2) is 21.2 Å². The normalized spacial score (nSPS) is 10.8. The molecule has 0 atom stereocenters. The molecule has 0 unspecified atom stereocenters. The highest BCUT2D eigenvalue weighted by atomic mass is 19.1. The van der Waals surface area contributed by atoms with Crippen LogP contribution in [0.3, 0.4) is 0 Å². The first-order valence-electron chi connectivity index (χ1n) is 5.76. The Hall–Kier alpha value is -2.56. The minimum Gasteiger partial charge on any atom is -0.345 e. The molecule has 3 aromatic rings. The molecule has 0 aliphatic carbocycles. The van der Waals surface area contributed by atoms with Gasteiger partial charge < -0.3 is 4.98 Å². The molecule has 0 amide bonds. The van der Waals surface area contributed by atoms with Crippen molar-refractivity contribution in [1.29, 1.82) is 0 Å². The van der Waals surface area contributed by atoms with Gasteiger partial charge in [-0.15, -0.1) is 0 Å². The number of carbonyl (C=O) groups is 1. The molecular formula is C14H10FN3O. The average Bonchev–Trinajstić information content (AvgIpc) is 2.83. The number of fused-ring (bicyclic) bond motifs is 1. The molecule has 19 heavy (non-hydrogen) atoms. The van der Waals surface area contributed by atoms with Crippen LogP contribution in [0.15, 0.2) is 30.5 Å². The summed E-state index contributed by atoms with van der Waals surface area (Å²) in [6, 6.07) is 5.98. The fraction of sp³-hybridized carbons (Fsp3) is 0.0714. The summed E-state index contributed by atoms with van der Waals surface area (Å²) in [4.78, 5) is 22.6. The van der Waals surface area contributed by atoms with Crippen LogP contribution in [0, 0.1) is 12.7 Å². The van der Waals surface area contributed by atoms with Crippen molar-refractivity contribution in [1.82, 2.24) is 15.0 Å². The van der Waals surface area contributed by atoms with E-state index in [2.05, 4.69) is 15.0 Å². The smallest absolute Gasteiger partial charge is 0.161 e. The van der Waals surface area contributed by atoms with Crippen LogP contribution in [0.4, 0.5) is 4.39 Å². The second-order valence-electron chi connectivity index (χ2n) is 4.22. The van der Waals surface area contributed by atoms with Crippen LogP contribution in [0.2, 0.25) is 0 Å². The van der Waals surface area contributed by atoms with Crippen LogP contribution in [-0.2, 0) is 0 Å². The Balaban J connectivity index is 2.21. The quantitative estimate of drug-likeness (QED) is 0.716. The van der Waals surface area contributed by atoms with Crippen molar-refractivity contribution in [2.24, 2.45) is 0 Å². The number of halogens is 1. The van der Waals surface area contributed by atoms with Gasteiger partial charge in [0.2, 0.25) is 0 Å². The summed E-state index contributed by atoms with van der Waals surface area (Å²) in [5, 5.41) is 0.723. The van der Waals surface area contributed by atoms with Gasteiger partial charge in [0.25, 0.3) is 0 Å². The van der Waals surface area contributed by atoms with E-state index >= 15 is 0 Å². The monoisotopic (exact) mass is 255 g/mol. The van der Waals surface area contributed by atoms with Gasteiger partial charge in [-0.2, -0.15) is 0 Å². The van der Waals surface area contributed by atoms with Crippen LogP contribution in [0.5, 0.6) is 0 Å². The highest BCUT2D eigenvalue weighted by Crippen LogP contribution is 2.23. The third-order valence-electron chi connectivity index (χ3n) is 2.97. The van der Waals surface area contributed by atoms with Gasteiger partial charge in [0.15, 0.2) is 12.1 Å². The molecule has 0 saturated carbocycles. The van der Waals surface area contributed by atoms with Crippen LogP contribution >= 0.6 is 0 Å². The Kier molecular flexibility index (Phi) is 2.59. The highest BCUT2D eigenvalue weighted by Gasteiger charge is 2.11. The van der Waals surface area contributed by atoms with Crippen molar-refractivity contribution in [2.45, 2.75) is 6.92 Å². The first kappa shape index (κ1) is 11.5. The van der Waals surface area contributed by atoms with Crippen LogP contribution in [0.1, 0.15) is 16.1 Å². The number of benzene rings is 1. The standard InChI is InChI=1S/C14H10FN3O/c1-8-12-10(7-19)6-16-14(12)18-13(17-8)9-2-4-11(15)5-3-9/h2-7H,1H3,(H,16,17,18). The van der Waals surface area contributed by atoms with Crippen molar-refractivity contribution in [3.8, 4) is 11.4 Å². The van der Waals surface area contributed by atoms with Gasteiger partial charge in [-0.25, -0.2) is 14.4 Å². The Labute approximate surface area is 108 Å². The van der Waals surface area contributed by atoms with Gasteiger partial charge >= 0.3 is 0 Å². The number of hydrogen-bond acceptors (Lipinski definition) is 3. The Morgan fingerprint density at radius 1 is 1.21 bits per heavy atom. The van der Waals surface area contributed by atoms with E-state index in [1.54, 1.807) is 18.3 Å². The van der Waals surface area contributed by atoms with Crippen molar-refractivity contribution in [3.05, 3.63) is 47.5 Å². The van der Waals surface area contributed by atoms with Crippen LogP contribution in [0.25, 0.3) is 22.4 Å². The average molecular weight is 255 g/mol. The molecule has 0 spiro atoms. The van der Waals surface area contributed by atoms with Gasteiger partial charge in [0, 0.05) is 17.3 Å². The van der Waals surface area contributed by atoms with E-state index in [0.29, 0.717) is 22.7 Å². The van der Waals surface area contributed by atoms with Gasteiger partial charge in [0.05, 0.1) is 11.1 Å². The highest BCUT2D eigenvalue weighted by molar-refractivity contribution is 5.97. The van der Waals surface area contributed by atoms with E-state index in [-0.39, 0.29) is 5.82 Å². The number of aromatic amines is 1. The molecule has 0 saturated heterocycles.